The third-order valence-electron chi connectivity index (χ3n) is 3.79. The van der Waals surface area contributed by atoms with Crippen LogP contribution >= 0.6 is 0 Å². The van der Waals surface area contributed by atoms with Gasteiger partial charge in [-0.1, -0.05) is 0 Å². The Kier molecular flexibility index (Phi) is 2.72. The second-order valence-corrected chi connectivity index (χ2v) is 5.02. The van der Waals surface area contributed by atoms with E-state index in [0.29, 0.717) is 25.7 Å². The summed E-state index contributed by atoms with van der Waals surface area (Å²) in [5.41, 5.74) is 4.71. The lowest BCUT2D eigenvalue weighted by atomic mass is 9.79. The van der Waals surface area contributed by atoms with E-state index < -0.39 is 17.3 Å². The predicted molar refractivity (Wildman–Crippen MR) is 56.8 cm³/mol. The van der Waals surface area contributed by atoms with Gasteiger partial charge in [0.1, 0.15) is 5.54 Å². The SMILES string of the molecule is C[C@H]1OC2(CCC(N)(C(=O)O)CC2)O[C@@H]1C. The second kappa shape index (κ2) is 3.68. The van der Waals surface area contributed by atoms with E-state index in [1.54, 1.807) is 0 Å². The third kappa shape index (κ3) is 1.83. The fourth-order valence-electron chi connectivity index (χ4n) is 2.42. The van der Waals surface area contributed by atoms with Gasteiger partial charge in [-0.2, -0.15) is 0 Å². The molecule has 1 aliphatic heterocycles. The summed E-state index contributed by atoms with van der Waals surface area (Å²) >= 11 is 0. The zero-order chi connectivity index (χ0) is 12.0. The number of aliphatic carboxylic acids is 1. The predicted octanol–water partition coefficient (Wildman–Crippen LogP) is 0.863. The standard InChI is InChI=1S/C11H19NO4/c1-7-8(2)16-11(15-7)5-3-10(12,4-6-11)9(13)14/h7-8H,3-6,12H2,1-2H3,(H,13,14)/t7-,8-/m1/s1. The Labute approximate surface area is 94.9 Å². The first-order chi connectivity index (χ1) is 7.37. The molecule has 5 nitrogen and oxygen atoms in total. The maximum Gasteiger partial charge on any atom is 0.323 e. The Morgan fingerprint density at radius 1 is 1.19 bits per heavy atom. The topological polar surface area (TPSA) is 81.8 Å². The average Bonchev–Trinajstić information content (AvgIpc) is 2.48. The lowest BCUT2D eigenvalue weighted by molar-refractivity contribution is -0.201. The van der Waals surface area contributed by atoms with Gasteiger partial charge in [-0.3, -0.25) is 4.79 Å². The Balaban J connectivity index is 2.03. The van der Waals surface area contributed by atoms with Crippen molar-refractivity contribution in [3.05, 3.63) is 0 Å². The highest BCUT2D eigenvalue weighted by Crippen LogP contribution is 2.42. The van der Waals surface area contributed by atoms with Crippen molar-refractivity contribution in [2.75, 3.05) is 0 Å². The minimum atomic E-state index is -1.10. The minimum Gasteiger partial charge on any atom is -0.480 e. The van der Waals surface area contributed by atoms with Gasteiger partial charge in [0.2, 0.25) is 0 Å². The van der Waals surface area contributed by atoms with Gasteiger partial charge in [-0.15, -0.1) is 0 Å². The highest BCUT2D eigenvalue weighted by Gasteiger charge is 2.51. The first-order valence-electron chi connectivity index (χ1n) is 5.75. The number of rotatable bonds is 1. The van der Waals surface area contributed by atoms with Gasteiger partial charge in [-0.05, 0) is 26.7 Å². The number of hydrogen-bond acceptors (Lipinski definition) is 4. The van der Waals surface area contributed by atoms with E-state index in [9.17, 15) is 4.79 Å². The van der Waals surface area contributed by atoms with E-state index in [1.165, 1.54) is 0 Å². The van der Waals surface area contributed by atoms with Gasteiger partial charge in [0.25, 0.3) is 0 Å². The summed E-state index contributed by atoms with van der Waals surface area (Å²) in [7, 11) is 0. The number of nitrogens with two attached hydrogens (primary N) is 1. The number of carboxylic acids is 1. The zero-order valence-corrected chi connectivity index (χ0v) is 9.73. The molecule has 1 spiro atoms. The molecule has 0 bridgehead atoms. The summed E-state index contributed by atoms with van der Waals surface area (Å²) in [4.78, 5) is 11.0. The van der Waals surface area contributed by atoms with Crippen LogP contribution in [0.4, 0.5) is 0 Å². The van der Waals surface area contributed by atoms with Crippen LogP contribution in [0.2, 0.25) is 0 Å². The largest absolute Gasteiger partial charge is 0.480 e. The second-order valence-electron chi connectivity index (χ2n) is 5.02. The summed E-state index contributed by atoms with van der Waals surface area (Å²) in [6, 6.07) is 0. The smallest absolute Gasteiger partial charge is 0.323 e. The van der Waals surface area contributed by atoms with E-state index in [1.807, 2.05) is 13.8 Å². The molecule has 1 saturated carbocycles. The molecule has 0 aromatic heterocycles. The van der Waals surface area contributed by atoms with Crippen molar-refractivity contribution < 1.29 is 19.4 Å². The molecule has 0 unspecified atom stereocenters. The Morgan fingerprint density at radius 3 is 2.00 bits per heavy atom. The quantitative estimate of drug-likeness (QED) is 0.697. The maximum atomic E-state index is 11.0. The highest BCUT2D eigenvalue weighted by atomic mass is 16.8. The molecule has 2 atom stereocenters. The number of carboxylic acid groups (broad SMARTS) is 1. The molecular weight excluding hydrogens is 210 g/mol. The summed E-state index contributed by atoms with van der Waals surface area (Å²) in [6.07, 6.45) is 2.06. The van der Waals surface area contributed by atoms with Crippen LogP contribution in [-0.2, 0) is 14.3 Å². The van der Waals surface area contributed by atoms with Gasteiger partial charge < -0.3 is 20.3 Å². The molecule has 2 fully saturated rings. The number of hydrogen-bond donors (Lipinski definition) is 2. The fourth-order valence-corrected chi connectivity index (χ4v) is 2.42. The minimum absolute atomic E-state index is 0.0649. The maximum absolute atomic E-state index is 11.0. The molecule has 92 valence electrons. The van der Waals surface area contributed by atoms with E-state index >= 15 is 0 Å². The first-order valence-corrected chi connectivity index (χ1v) is 5.75. The summed E-state index contributed by atoms with van der Waals surface area (Å²) < 4.78 is 11.6. The molecule has 2 aliphatic rings. The molecule has 5 heteroatoms. The highest BCUT2D eigenvalue weighted by molar-refractivity contribution is 5.78. The van der Waals surface area contributed by atoms with Crippen LogP contribution in [0.5, 0.6) is 0 Å². The van der Waals surface area contributed by atoms with Crippen molar-refractivity contribution in [1.29, 1.82) is 0 Å². The average molecular weight is 229 g/mol. The van der Waals surface area contributed by atoms with E-state index in [4.69, 9.17) is 20.3 Å². The molecule has 1 saturated heterocycles. The van der Waals surface area contributed by atoms with Gasteiger partial charge in [0, 0.05) is 12.8 Å². The molecule has 0 aromatic carbocycles. The molecule has 16 heavy (non-hydrogen) atoms. The first kappa shape index (κ1) is 11.8. The van der Waals surface area contributed by atoms with Crippen molar-refractivity contribution in [2.24, 2.45) is 5.73 Å². The summed E-state index contributed by atoms with van der Waals surface area (Å²) in [5, 5.41) is 9.03. The molecule has 2 rings (SSSR count). The van der Waals surface area contributed by atoms with Gasteiger partial charge in [0.05, 0.1) is 12.2 Å². The van der Waals surface area contributed by atoms with Gasteiger partial charge in [0.15, 0.2) is 5.79 Å². The van der Waals surface area contributed by atoms with Crippen LogP contribution in [0.15, 0.2) is 0 Å². The Hall–Kier alpha value is -0.650. The van der Waals surface area contributed by atoms with Crippen molar-refractivity contribution in [3.63, 3.8) is 0 Å². The Morgan fingerprint density at radius 2 is 1.62 bits per heavy atom. The molecule has 1 aliphatic carbocycles. The van der Waals surface area contributed by atoms with E-state index in [0.717, 1.165) is 0 Å². The van der Waals surface area contributed by atoms with Gasteiger partial charge in [-0.25, -0.2) is 0 Å². The molecule has 0 aromatic rings. The fraction of sp³-hybridized carbons (Fsp3) is 0.909. The van der Waals surface area contributed by atoms with Crippen molar-refractivity contribution in [1.82, 2.24) is 0 Å². The van der Waals surface area contributed by atoms with E-state index in [-0.39, 0.29) is 12.2 Å². The van der Waals surface area contributed by atoms with Gasteiger partial charge >= 0.3 is 5.97 Å². The number of ether oxygens (including phenoxy) is 2. The monoisotopic (exact) mass is 229 g/mol. The van der Waals surface area contributed by atoms with E-state index in [2.05, 4.69) is 0 Å². The third-order valence-corrected chi connectivity index (χ3v) is 3.79. The van der Waals surface area contributed by atoms with Crippen LogP contribution in [-0.4, -0.2) is 34.6 Å². The van der Waals surface area contributed by atoms with Crippen molar-refractivity contribution >= 4 is 5.97 Å². The van der Waals surface area contributed by atoms with Crippen molar-refractivity contribution in [2.45, 2.75) is 63.1 Å². The van der Waals surface area contributed by atoms with Crippen LogP contribution in [0.1, 0.15) is 39.5 Å². The summed E-state index contributed by atoms with van der Waals surface area (Å²) in [6.45, 7) is 3.95. The van der Waals surface area contributed by atoms with Crippen LogP contribution in [0.3, 0.4) is 0 Å². The molecule has 0 radical (unpaired) electrons. The van der Waals surface area contributed by atoms with Crippen LogP contribution in [0, 0.1) is 0 Å². The van der Waals surface area contributed by atoms with Crippen molar-refractivity contribution in [3.8, 4) is 0 Å². The normalized spacial score (nSPS) is 36.4. The van der Waals surface area contributed by atoms with Crippen LogP contribution < -0.4 is 5.73 Å². The lowest BCUT2D eigenvalue weighted by Gasteiger charge is -2.39. The zero-order valence-electron chi connectivity index (χ0n) is 9.73. The molecule has 1 heterocycles. The molecular formula is C11H19NO4. The number of carbonyl (C=O) groups is 1. The summed E-state index contributed by atoms with van der Waals surface area (Å²) in [5.74, 6) is -1.52. The molecule has 3 N–H and O–H groups in total. The Bertz CT molecular complexity index is 284. The van der Waals surface area contributed by atoms with Crippen LogP contribution in [0.25, 0.3) is 0 Å². The lowest BCUT2D eigenvalue weighted by Crippen LogP contribution is -2.54. The molecule has 0 amide bonds.